The maximum Gasteiger partial charge on any atom is 0.263 e. The minimum atomic E-state index is -0.0512. The summed E-state index contributed by atoms with van der Waals surface area (Å²) in [4.78, 5) is 19.1. The van der Waals surface area contributed by atoms with Gasteiger partial charge in [0.05, 0.1) is 5.69 Å². The van der Waals surface area contributed by atoms with E-state index in [1.807, 2.05) is 6.92 Å². The lowest BCUT2D eigenvalue weighted by Gasteiger charge is -2.22. The summed E-state index contributed by atoms with van der Waals surface area (Å²) in [5.41, 5.74) is 6.31. The van der Waals surface area contributed by atoms with Crippen molar-refractivity contribution >= 4 is 22.4 Å². The molecular formula is C12H20N4OS. The first-order chi connectivity index (χ1) is 8.61. The fraction of sp³-hybridized carbons (Fsp3) is 0.667. The molecule has 18 heavy (non-hydrogen) atoms. The first-order valence-electron chi connectivity index (χ1n) is 6.37. The fourth-order valence-corrected chi connectivity index (χ4v) is 3.21. The molecule has 0 aromatic carbocycles. The molecule has 100 valence electrons. The normalized spacial score (nSPS) is 20.2. The average molecular weight is 268 g/mol. The van der Waals surface area contributed by atoms with Gasteiger partial charge in [0.1, 0.15) is 4.88 Å². The third kappa shape index (κ3) is 2.81. The van der Waals surface area contributed by atoms with Crippen LogP contribution in [0.2, 0.25) is 0 Å². The van der Waals surface area contributed by atoms with Crippen LogP contribution in [-0.2, 0) is 0 Å². The number of amides is 1. The Morgan fingerprint density at radius 1 is 1.67 bits per heavy atom. The lowest BCUT2D eigenvalue weighted by atomic mass is 10.2. The number of likely N-dealkylation sites (tertiary alicyclic amines) is 1. The van der Waals surface area contributed by atoms with E-state index in [0.29, 0.717) is 28.3 Å². The number of likely N-dealkylation sites (N-methyl/N-ethyl adjacent to an activating group) is 1. The number of nitrogens with zero attached hydrogens (tertiary/aromatic N) is 2. The fourth-order valence-electron chi connectivity index (χ4n) is 2.46. The Bertz CT molecular complexity index is 432. The summed E-state index contributed by atoms with van der Waals surface area (Å²) >= 11 is 1.25. The quantitative estimate of drug-likeness (QED) is 0.862. The standard InChI is InChI=1S/C12H20N4OS/c1-3-16-6-4-5-9(16)7-14-11(17)10-8(2)15-12(13)18-10/h9H,3-7H2,1-2H3,(H2,13,15)(H,14,17). The van der Waals surface area contributed by atoms with E-state index >= 15 is 0 Å². The second-order valence-corrected chi connectivity index (χ2v) is 5.63. The second kappa shape index (κ2) is 5.67. The van der Waals surface area contributed by atoms with Gasteiger partial charge in [-0.25, -0.2) is 4.98 Å². The predicted molar refractivity (Wildman–Crippen MR) is 73.9 cm³/mol. The first kappa shape index (κ1) is 13.3. The van der Waals surface area contributed by atoms with Gasteiger partial charge in [-0.15, -0.1) is 0 Å². The van der Waals surface area contributed by atoms with Gasteiger partial charge in [-0.2, -0.15) is 0 Å². The lowest BCUT2D eigenvalue weighted by molar-refractivity contribution is 0.0944. The van der Waals surface area contributed by atoms with E-state index in [4.69, 9.17) is 5.73 Å². The summed E-state index contributed by atoms with van der Waals surface area (Å²) in [6.07, 6.45) is 2.39. The number of rotatable bonds is 4. The van der Waals surface area contributed by atoms with Crippen LogP contribution in [0.3, 0.4) is 0 Å². The van der Waals surface area contributed by atoms with Crippen molar-refractivity contribution in [2.24, 2.45) is 0 Å². The molecule has 1 aliphatic heterocycles. The van der Waals surface area contributed by atoms with Crippen molar-refractivity contribution in [3.63, 3.8) is 0 Å². The van der Waals surface area contributed by atoms with Crippen LogP contribution < -0.4 is 11.1 Å². The van der Waals surface area contributed by atoms with Gasteiger partial charge in [-0.05, 0) is 32.9 Å². The summed E-state index contributed by atoms with van der Waals surface area (Å²) in [6.45, 7) is 6.88. The van der Waals surface area contributed by atoms with Crippen LogP contribution in [0.1, 0.15) is 35.1 Å². The molecule has 1 unspecified atom stereocenters. The number of nitrogens with one attached hydrogen (secondary N) is 1. The van der Waals surface area contributed by atoms with Gasteiger partial charge in [0.15, 0.2) is 5.13 Å². The molecule has 1 fully saturated rings. The van der Waals surface area contributed by atoms with Crippen molar-refractivity contribution in [3.8, 4) is 0 Å². The summed E-state index contributed by atoms with van der Waals surface area (Å²) in [7, 11) is 0. The Hall–Kier alpha value is -1.14. The molecule has 1 saturated heterocycles. The molecular weight excluding hydrogens is 248 g/mol. The highest BCUT2D eigenvalue weighted by molar-refractivity contribution is 7.17. The Kier molecular flexibility index (Phi) is 4.19. The summed E-state index contributed by atoms with van der Waals surface area (Å²) in [6, 6.07) is 0.476. The molecule has 0 bridgehead atoms. The van der Waals surface area contributed by atoms with Gasteiger partial charge >= 0.3 is 0 Å². The highest BCUT2D eigenvalue weighted by atomic mass is 32.1. The minimum Gasteiger partial charge on any atom is -0.375 e. The summed E-state index contributed by atoms with van der Waals surface area (Å²) in [5.74, 6) is -0.0512. The molecule has 1 amide bonds. The Balaban J connectivity index is 1.90. The maximum absolute atomic E-state index is 12.0. The van der Waals surface area contributed by atoms with Crippen LogP contribution in [0.15, 0.2) is 0 Å². The van der Waals surface area contributed by atoms with E-state index in [-0.39, 0.29) is 5.91 Å². The molecule has 0 spiro atoms. The average Bonchev–Trinajstić information content (AvgIpc) is 2.92. The zero-order chi connectivity index (χ0) is 13.1. The van der Waals surface area contributed by atoms with Crippen LogP contribution in [-0.4, -0.2) is 41.5 Å². The van der Waals surface area contributed by atoms with Crippen LogP contribution in [0.25, 0.3) is 0 Å². The molecule has 1 atom stereocenters. The number of anilines is 1. The first-order valence-corrected chi connectivity index (χ1v) is 7.18. The summed E-state index contributed by atoms with van der Waals surface area (Å²) < 4.78 is 0. The zero-order valence-corrected chi connectivity index (χ0v) is 11.7. The molecule has 0 saturated carbocycles. The number of thiazole rings is 1. The molecule has 1 aliphatic rings. The van der Waals surface area contributed by atoms with Gasteiger partial charge in [-0.3, -0.25) is 9.69 Å². The molecule has 6 heteroatoms. The Morgan fingerprint density at radius 2 is 2.44 bits per heavy atom. The molecule has 0 radical (unpaired) electrons. The minimum absolute atomic E-state index is 0.0512. The highest BCUT2D eigenvalue weighted by Crippen LogP contribution is 2.20. The van der Waals surface area contributed by atoms with Crippen LogP contribution >= 0.6 is 11.3 Å². The molecule has 0 aliphatic carbocycles. The van der Waals surface area contributed by atoms with E-state index in [1.165, 1.54) is 17.8 Å². The van der Waals surface area contributed by atoms with E-state index in [0.717, 1.165) is 19.5 Å². The molecule has 5 nitrogen and oxygen atoms in total. The van der Waals surface area contributed by atoms with Crippen LogP contribution in [0.4, 0.5) is 5.13 Å². The van der Waals surface area contributed by atoms with Crippen molar-refractivity contribution in [3.05, 3.63) is 10.6 Å². The SMILES string of the molecule is CCN1CCCC1CNC(=O)c1sc(N)nc1C. The molecule has 1 aromatic heterocycles. The molecule has 2 heterocycles. The number of nitrogens with two attached hydrogens (primary N) is 1. The largest absolute Gasteiger partial charge is 0.375 e. The van der Waals surface area contributed by atoms with Crippen LogP contribution in [0.5, 0.6) is 0 Å². The smallest absolute Gasteiger partial charge is 0.263 e. The number of carbonyl (C=O) groups excluding carboxylic acids is 1. The van der Waals surface area contributed by atoms with E-state index in [1.54, 1.807) is 0 Å². The Morgan fingerprint density at radius 3 is 3.06 bits per heavy atom. The monoisotopic (exact) mass is 268 g/mol. The van der Waals surface area contributed by atoms with Gasteiger partial charge < -0.3 is 11.1 Å². The topological polar surface area (TPSA) is 71.2 Å². The molecule has 1 aromatic rings. The maximum atomic E-state index is 12.0. The second-order valence-electron chi connectivity index (χ2n) is 4.60. The van der Waals surface area contributed by atoms with E-state index in [9.17, 15) is 4.79 Å². The van der Waals surface area contributed by atoms with Gasteiger partial charge in [0.2, 0.25) is 0 Å². The predicted octanol–water partition coefficient (Wildman–Crippen LogP) is 1.25. The third-order valence-corrected chi connectivity index (χ3v) is 4.41. The van der Waals surface area contributed by atoms with Crippen molar-refractivity contribution < 1.29 is 4.79 Å². The zero-order valence-electron chi connectivity index (χ0n) is 10.9. The van der Waals surface area contributed by atoms with Crippen molar-refractivity contribution in [1.82, 2.24) is 15.2 Å². The van der Waals surface area contributed by atoms with E-state index < -0.39 is 0 Å². The number of carbonyl (C=O) groups is 1. The molecule has 3 N–H and O–H groups in total. The van der Waals surface area contributed by atoms with Gasteiger partial charge in [-0.1, -0.05) is 18.3 Å². The van der Waals surface area contributed by atoms with Crippen molar-refractivity contribution in [2.45, 2.75) is 32.7 Å². The third-order valence-electron chi connectivity index (χ3n) is 3.42. The lowest BCUT2D eigenvalue weighted by Crippen LogP contribution is -2.39. The van der Waals surface area contributed by atoms with Crippen molar-refractivity contribution in [1.29, 1.82) is 0 Å². The van der Waals surface area contributed by atoms with E-state index in [2.05, 4.69) is 22.1 Å². The number of aryl methyl sites for hydroxylation is 1. The number of hydrogen-bond donors (Lipinski definition) is 2. The van der Waals surface area contributed by atoms with Gasteiger partial charge in [0, 0.05) is 12.6 Å². The van der Waals surface area contributed by atoms with Crippen LogP contribution in [0, 0.1) is 6.92 Å². The van der Waals surface area contributed by atoms with Gasteiger partial charge in [0.25, 0.3) is 5.91 Å². The number of nitrogen functional groups attached to an aromatic ring is 1. The van der Waals surface area contributed by atoms with Crippen molar-refractivity contribution in [2.75, 3.05) is 25.4 Å². The number of aromatic nitrogens is 1. The summed E-state index contributed by atoms with van der Waals surface area (Å²) in [5, 5.41) is 3.45. The molecule has 2 rings (SSSR count). The highest BCUT2D eigenvalue weighted by Gasteiger charge is 2.24. The number of hydrogen-bond acceptors (Lipinski definition) is 5. The Labute approximate surface area is 111 Å².